The van der Waals surface area contributed by atoms with Crippen molar-refractivity contribution < 1.29 is 4.79 Å². The number of carbonyl (C=O) groups is 1. The van der Waals surface area contributed by atoms with E-state index in [0.29, 0.717) is 19.4 Å². The summed E-state index contributed by atoms with van der Waals surface area (Å²) in [5.74, 6) is 0.213. The molecule has 0 heterocycles. The maximum Gasteiger partial charge on any atom is 0.222 e. The summed E-state index contributed by atoms with van der Waals surface area (Å²) in [6.07, 6.45) is 1.20. The molecule has 5 nitrogen and oxygen atoms in total. The SMILES string of the molecule is CCN(C)C(=O)CCCN=C(N)N. The summed E-state index contributed by atoms with van der Waals surface area (Å²) >= 11 is 0. The van der Waals surface area contributed by atoms with Crippen molar-refractivity contribution in [2.75, 3.05) is 20.1 Å². The fourth-order valence-corrected chi connectivity index (χ4v) is 0.806. The molecule has 0 spiro atoms. The van der Waals surface area contributed by atoms with Gasteiger partial charge in [-0.1, -0.05) is 0 Å². The molecular weight excluding hydrogens is 168 g/mol. The Balaban J connectivity index is 3.54. The Bertz CT molecular complexity index is 187. The summed E-state index contributed by atoms with van der Waals surface area (Å²) in [6.45, 7) is 3.20. The smallest absolute Gasteiger partial charge is 0.222 e. The number of amides is 1. The Hall–Kier alpha value is -1.26. The highest BCUT2D eigenvalue weighted by atomic mass is 16.2. The van der Waals surface area contributed by atoms with E-state index in [0.717, 1.165) is 6.54 Å². The number of guanidine groups is 1. The van der Waals surface area contributed by atoms with Crippen LogP contribution in [0.5, 0.6) is 0 Å². The van der Waals surface area contributed by atoms with Crippen LogP contribution in [0.2, 0.25) is 0 Å². The van der Waals surface area contributed by atoms with Crippen molar-refractivity contribution in [1.82, 2.24) is 4.90 Å². The summed E-state index contributed by atoms with van der Waals surface area (Å²) < 4.78 is 0. The van der Waals surface area contributed by atoms with Crippen molar-refractivity contribution in [2.45, 2.75) is 19.8 Å². The molecular formula is C8H18N4O. The number of nitrogens with two attached hydrogens (primary N) is 2. The number of aliphatic imine (C=N–C) groups is 1. The number of rotatable bonds is 5. The Kier molecular flexibility index (Phi) is 5.67. The quantitative estimate of drug-likeness (QED) is 0.345. The largest absolute Gasteiger partial charge is 0.370 e. The summed E-state index contributed by atoms with van der Waals surface area (Å²) in [5.41, 5.74) is 10.3. The molecule has 4 N–H and O–H groups in total. The van der Waals surface area contributed by atoms with Crippen LogP contribution in [0.3, 0.4) is 0 Å². The van der Waals surface area contributed by atoms with Crippen molar-refractivity contribution in [3.63, 3.8) is 0 Å². The molecule has 76 valence electrons. The second-order valence-corrected chi connectivity index (χ2v) is 2.82. The third-order valence-electron chi connectivity index (χ3n) is 1.74. The lowest BCUT2D eigenvalue weighted by Gasteiger charge is -2.13. The maximum atomic E-state index is 11.2. The van der Waals surface area contributed by atoms with Crippen molar-refractivity contribution in [3.05, 3.63) is 0 Å². The summed E-state index contributed by atoms with van der Waals surface area (Å²) in [6, 6.07) is 0. The second kappa shape index (κ2) is 6.28. The van der Waals surface area contributed by atoms with E-state index in [4.69, 9.17) is 11.5 Å². The molecule has 0 unspecified atom stereocenters. The number of nitrogens with zero attached hydrogens (tertiary/aromatic N) is 2. The van der Waals surface area contributed by atoms with Gasteiger partial charge in [-0.2, -0.15) is 0 Å². The third kappa shape index (κ3) is 5.95. The molecule has 0 aromatic rings. The van der Waals surface area contributed by atoms with E-state index in [9.17, 15) is 4.79 Å². The van der Waals surface area contributed by atoms with Gasteiger partial charge in [-0.15, -0.1) is 0 Å². The zero-order valence-corrected chi connectivity index (χ0v) is 8.29. The van der Waals surface area contributed by atoms with E-state index in [-0.39, 0.29) is 11.9 Å². The van der Waals surface area contributed by atoms with Crippen molar-refractivity contribution in [1.29, 1.82) is 0 Å². The predicted molar refractivity (Wildman–Crippen MR) is 53.2 cm³/mol. The topological polar surface area (TPSA) is 84.7 Å². The molecule has 5 heteroatoms. The first-order valence-electron chi connectivity index (χ1n) is 4.37. The highest BCUT2D eigenvalue weighted by Crippen LogP contribution is 1.95. The van der Waals surface area contributed by atoms with Gasteiger partial charge in [0.15, 0.2) is 5.96 Å². The van der Waals surface area contributed by atoms with E-state index in [1.807, 2.05) is 6.92 Å². The van der Waals surface area contributed by atoms with E-state index in [1.54, 1.807) is 11.9 Å². The minimum atomic E-state index is 0.0799. The molecule has 0 aromatic heterocycles. The molecule has 0 aliphatic rings. The van der Waals surface area contributed by atoms with Gasteiger partial charge >= 0.3 is 0 Å². The highest BCUT2D eigenvalue weighted by molar-refractivity contribution is 5.76. The minimum Gasteiger partial charge on any atom is -0.370 e. The lowest BCUT2D eigenvalue weighted by atomic mass is 10.3. The first-order chi connectivity index (χ1) is 6.07. The number of hydrogen-bond donors (Lipinski definition) is 2. The fourth-order valence-electron chi connectivity index (χ4n) is 0.806. The van der Waals surface area contributed by atoms with E-state index in [2.05, 4.69) is 4.99 Å². The van der Waals surface area contributed by atoms with Gasteiger partial charge < -0.3 is 16.4 Å². The summed E-state index contributed by atoms with van der Waals surface area (Å²) in [4.78, 5) is 16.7. The highest BCUT2D eigenvalue weighted by Gasteiger charge is 2.04. The van der Waals surface area contributed by atoms with Crippen LogP contribution in [0, 0.1) is 0 Å². The second-order valence-electron chi connectivity index (χ2n) is 2.82. The molecule has 13 heavy (non-hydrogen) atoms. The molecule has 0 saturated heterocycles. The van der Waals surface area contributed by atoms with Gasteiger partial charge in [-0.05, 0) is 13.3 Å². The fraction of sp³-hybridized carbons (Fsp3) is 0.750. The van der Waals surface area contributed by atoms with Crippen LogP contribution >= 0.6 is 0 Å². The van der Waals surface area contributed by atoms with Gasteiger partial charge in [0.05, 0.1) is 0 Å². The van der Waals surface area contributed by atoms with E-state index in [1.165, 1.54) is 0 Å². The molecule has 0 atom stereocenters. The zero-order chi connectivity index (χ0) is 10.3. The third-order valence-corrected chi connectivity index (χ3v) is 1.74. The van der Waals surface area contributed by atoms with Crippen LogP contribution in [-0.2, 0) is 4.79 Å². The van der Waals surface area contributed by atoms with Crippen LogP contribution in [-0.4, -0.2) is 36.9 Å². The predicted octanol–water partition coefficient (Wildman–Crippen LogP) is -0.482. The number of carbonyl (C=O) groups excluding carboxylic acids is 1. The van der Waals surface area contributed by atoms with Gasteiger partial charge in [-0.3, -0.25) is 9.79 Å². The van der Waals surface area contributed by atoms with Gasteiger partial charge in [-0.25, -0.2) is 0 Å². The molecule has 0 aromatic carbocycles. The number of hydrogen-bond acceptors (Lipinski definition) is 2. The van der Waals surface area contributed by atoms with Crippen LogP contribution in [0.4, 0.5) is 0 Å². The first-order valence-corrected chi connectivity index (χ1v) is 4.37. The van der Waals surface area contributed by atoms with Gasteiger partial charge in [0.1, 0.15) is 0 Å². The molecule has 0 saturated carbocycles. The minimum absolute atomic E-state index is 0.0799. The van der Waals surface area contributed by atoms with E-state index < -0.39 is 0 Å². The van der Waals surface area contributed by atoms with E-state index >= 15 is 0 Å². The average Bonchev–Trinajstić information content (AvgIpc) is 2.10. The Morgan fingerprint density at radius 3 is 2.54 bits per heavy atom. The van der Waals surface area contributed by atoms with Crippen molar-refractivity contribution in [2.24, 2.45) is 16.5 Å². The molecule has 0 fully saturated rings. The Morgan fingerprint density at radius 2 is 2.08 bits per heavy atom. The monoisotopic (exact) mass is 186 g/mol. The van der Waals surface area contributed by atoms with Gasteiger partial charge in [0.25, 0.3) is 0 Å². The molecule has 0 radical (unpaired) electrons. The van der Waals surface area contributed by atoms with Crippen LogP contribution in [0.15, 0.2) is 4.99 Å². The van der Waals surface area contributed by atoms with Crippen molar-refractivity contribution in [3.8, 4) is 0 Å². The Labute approximate surface area is 78.8 Å². The first kappa shape index (κ1) is 11.7. The molecule has 0 rings (SSSR count). The average molecular weight is 186 g/mol. The molecule has 0 aliphatic carbocycles. The zero-order valence-electron chi connectivity index (χ0n) is 8.29. The lowest BCUT2D eigenvalue weighted by Crippen LogP contribution is -2.26. The molecule has 0 bridgehead atoms. The lowest BCUT2D eigenvalue weighted by molar-refractivity contribution is -0.129. The molecule has 0 aliphatic heterocycles. The summed E-state index contributed by atoms with van der Waals surface area (Å²) in [5, 5.41) is 0. The molecule has 1 amide bonds. The van der Waals surface area contributed by atoms with Gasteiger partial charge in [0.2, 0.25) is 5.91 Å². The standard InChI is InChI=1S/C8H18N4O/c1-3-12(2)7(13)5-4-6-11-8(9)10/h3-6H2,1-2H3,(H4,9,10,11). The summed E-state index contributed by atoms with van der Waals surface area (Å²) in [7, 11) is 1.78. The van der Waals surface area contributed by atoms with Crippen LogP contribution in [0.1, 0.15) is 19.8 Å². The van der Waals surface area contributed by atoms with Crippen molar-refractivity contribution >= 4 is 11.9 Å². The normalized spacial score (nSPS) is 9.38. The van der Waals surface area contributed by atoms with Crippen LogP contribution in [0.25, 0.3) is 0 Å². The van der Waals surface area contributed by atoms with Crippen LogP contribution < -0.4 is 11.5 Å². The van der Waals surface area contributed by atoms with Gasteiger partial charge in [0, 0.05) is 26.6 Å². The maximum absolute atomic E-state index is 11.2. The Morgan fingerprint density at radius 1 is 1.46 bits per heavy atom.